The van der Waals surface area contributed by atoms with Crippen LogP contribution in [0.5, 0.6) is 0 Å². The summed E-state index contributed by atoms with van der Waals surface area (Å²) in [4.78, 5) is 0. The second-order valence-electron chi connectivity index (χ2n) is 3.77. The highest BCUT2D eigenvalue weighted by Gasteiger charge is 1.88. The molecule has 0 amide bonds. The molecule has 84 valence electrons. The molecule has 0 nitrogen and oxygen atoms in total. The van der Waals surface area contributed by atoms with Gasteiger partial charge in [0.1, 0.15) is 0 Å². The van der Waals surface area contributed by atoms with E-state index in [4.69, 9.17) is 0 Å². The van der Waals surface area contributed by atoms with E-state index >= 15 is 0 Å². The maximum Gasteiger partial charge on any atom is 0.0247 e. The van der Waals surface area contributed by atoms with Crippen LogP contribution in [0.15, 0.2) is 24.3 Å². The summed E-state index contributed by atoms with van der Waals surface area (Å²) < 4.78 is 0. The summed E-state index contributed by atoms with van der Waals surface area (Å²) in [5.74, 6) is 7.01. The predicted octanol–water partition coefficient (Wildman–Crippen LogP) is 4.66. The normalized spacial score (nSPS) is 8.27. The monoisotopic (exact) mass is 204 g/mol. The van der Waals surface area contributed by atoms with Crippen molar-refractivity contribution in [3.8, 4) is 11.8 Å². The van der Waals surface area contributed by atoms with Gasteiger partial charge in [-0.2, -0.15) is 0 Å². The first-order chi connectivity index (χ1) is 6.18. The largest absolute Gasteiger partial charge is 0.0976 e. The van der Waals surface area contributed by atoms with Crippen LogP contribution in [0.3, 0.4) is 0 Å². The molecule has 0 aromatic heterocycles. The van der Waals surface area contributed by atoms with Crippen LogP contribution < -0.4 is 0 Å². The van der Waals surface area contributed by atoms with Gasteiger partial charge in [-0.1, -0.05) is 52.7 Å². The number of aryl methyl sites for hydroxylation is 1. The summed E-state index contributed by atoms with van der Waals surface area (Å²) in [6.07, 6.45) is 0.980. The van der Waals surface area contributed by atoms with E-state index in [1.165, 1.54) is 5.56 Å². The van der Waals surface area contributed by atoms with Crippen LogP contribution in [0.4, 0.5) is 0 Å². The molecule has 0 spiro atoms. The van der Waals surface area contributed by atoms with Gasteiger partial charge in [0.05, 0.1) is 0 Å². The molecular formula is C15H24. The highest BCUT2D eigenvalue weighted by Crippen LogP contribution is 2.02. The van der Waals surface area contributed by atoms with Crippen molar-refractivity contribution in [2.75, 3.05) is 0 Å². The van der Waals surface area contributed by atoms with E-state index < -0.39 is 0 Å². The molecule has 15 heavy (non-hydrogen) atoms. The van der Waals surface area contributed by atoms with Gasteiger partial charge in [0.15, 0.2) is 0 Å². The summed E-state index contributed by atoms with van der Waals surface area (Å²) in [5, 5.41) is 0. The molecule has 0 N–H and O–H groups in total. The van der Waals surface area contributed by atoms with E-state index in [-0.39, 0.29) is 14.9 Å². The second kappa shape index (κ2) is 8.12. The van der Waals surface area contributed by atoms with Gasteiger partial charge in [0.2, 0.25) is 0 Å². The first kappa shape index (κ1) is 16.2. The van der Waals surface area contributed by atoms with Crippen molar-refractivity contribution in [1.29, 1.82) is 0 Å². The zero-order chi connectivity index (χ0) is 9.68. The SMILES string of the molecule is C.C.Cc1cccc(C#CCC(C)C)c1. The lowest BCUT2D eigenvalue weighted by molar-refractivity contribution is 0.676. The molecule has 0 saturated heterocycles. The molecule has 0 bridgehead atoms. The van der Waals surface area contributed by atoms with Crippen molar-refractivity contribution in [2.45, 2.75) is 42.0 Å². The van der Waals surface area contributed by atoms with E-state index in [1.807, 2.05) is 0 Å². The number of hydrogen-bond donors (Lipinski definition) is 0. The Labute approximate surface area is 95.7 Å². The van der Waals surface area contributed by atoms with Crippen LogP contribution in [0.25, 0.3) is 0 Å². The fourth-order valence-electron chi connectivity index (χ4n) is 1.08. The molecule has 0 saturated carbocycles. The fourth-order valence-corrected chi connectivity index (χ4v) is 1.08. The average molecular weight is 204 g/mol. The minimum absolute atomic E-state index is 0. The molecule has 0 unspecified atom stereocenters. The predicted molar refractivity (Wildman–Crippen MR) is 71.0 cm³/mol. The molecule has 0 aliphatic heterocycles. The Morgan fingerprint density at radius 3 is 2.40 bits per heavy atom. The van der Waals surface area contributed by atoms with Gasteiger partial charge in [-0.05, 0) is 30.5 Å². The van der Waals surface area contributed by atoms with Crippen LogP contribution in [0.1, 0.15) is 46.2 Å². The van der Waals surface area contributed by atoms with E-state index in [2.05, 4.69) is 56.9 Å². The highest BCUT2D eigenvalue weighted by atomic mass is 13.9. The molecular weight excluding hydrogens is 180 g/mol. The minimum atomic E-state index is 0. The lowest BCUT2D eigenvalue weighted by Crippen LogP contribution is -1.82. The third-order valence-electron chi connectivity index (χ3n) is 1.76. The summed E-state index contributed by atoms with van der Waals surface area (Å²) in [7, 11) is 0. The van der Waals surface area contributed by atoms with E-state index in [0.717, 1.165) is 12.0 Å². The van der Waals surface area contributed by atoms with Gasteiger partial charge in [0.25, 0.3) is 0 Å². The number of rotatable bonds is 1. The number of hydrogen-bond acceptors (Lipinski definition) is 0. The summed E-state index contributed by atoms with van der Waals surface area (Å²) >= 11 is 0. The Bertz CT molecular complexity index is 323. The zero-order valence-electron chi connectivity index (χ0n) is 8.59. The molecule has 0 radical (unpaired) electrons. The Balaban J connectivity index is 0. The molecule has 0 aliphatic rings. The molecule has 1 rings (SSSR count). The average Bonchev–Trinajstić information content (AvgIpc) is 2.03. The first-order valence-corrected chi connectivity index (χ1v) is 4.74. The first-order valence-electron chi connectivity index (χ1n) is 4.74. The molecule has 0 heteroatoms. The van der Waals surface area contributed by atoms with Gasteiger partial charge in [-0.15, -0.1) is 0 Å². The lowest BCUT2D eigenvalue weighted by Gasteiger charge is -1.94. The van der Waals surface area contributed by atoms with Crippen molar-refractivity contribution < 1.29 is 0 Å². The van der Waals surface area contributed by atoms with Crippen LogP contribution in [0.2, 0.25) is 0 Å². The van der Waals surface area contributed by atoms with Gasteiger partial charge in [-0.3, -0.25) is 0 Å². The summed E-state index contributed by atoms with van der Waals surface area (Å²) in [6.45, 7) is 6.46. The highest BCUT2D eigenvalue weighted by molar-refractivity contribution is 5.36. The van der Waals surface area contributed by atoms with Gasteiger partial charge in [-0.25, -0.2) is 0 Å². The van der Waals surface area contributed by atoms with Crippen molar-refractivity contribution >= 4 is 0 Å². The van der Waals surface area contributed by atoms with Gasteiger partial charge < -0.3 is 0 Å². The molecule has 0 atom stereocenters. The molecule has 0 heterocycles. The van der Waals surface area contributed by atoms with E-state index in [1.54, 1.807) is 0 Å². The molecule has 0 aliphatic carbocycles. The van der Waals surface area contributed by atoms with Gasteiger partial charge >= 0.3 is 0 Å². The van der Waals surface area contributed by atoms with Gasteiger partial charge in [0, 0.05) is 12.0 Å². The van der Waals surface area contributed by atoms with Crippen molar-refractivity contribution in [3.63, 3.8) is 0 Å². The quantitative estimate of drug-likeness (QED) is 0.583. The van der Waals surface area contributed by atoms with Crippen molar-refractivity contribution in [1.82, 2.24) is 0 Å². The third-order valence-corrected chi connectivity index (χ3v) is 1.76. The minimum Gasteiger partial charge on any atom is -0.0976 e. The molecule has 1 aromatic rings. The lowest BCUT2D eigenvalue weighted by atomic mass is 10.1. The maximum absolute atomic E-state index is 3.18. The van der Waals surface area contributed by atoms with Crippen LogP contribution >= 0.6 is 0 Å². The topological polar surface area (TPSA) is 0 Å². The summed E-state index contributed by atoms with van der Waals surface area (Å²) in [6, 6.07) is 8.32. The number of benzene rings is 1. The summed E-state index contributed by atoms with van der Waals surface area (Å²) in [5.41, 5.74) is 2.40. The maximum atomic E-state index is 3.18. The Hall–Kier alpha value is -1.22. The Morgan fingerprint density at radius 2 is 1.87 bits per heavy atom. The smallest absolute Gasteiger partial charge is 0.0247 e. The zero-order valence-corrected chi connectivity index (χ0v) is 8.59. The van der Waals surface area contributed by atoms with Crippen LogP contribution in [-0.2, 0) is 0 Å². The van der Waals surface area contributed by atoms with E-state index in [0.29, 0.717) is 5.92 Å². The third kappa shape index (κ3) is 6.80. The Kier molecular flexibility index (Phi) is 8.78. The standard InChI is InChI=1S/C13H16.2CH4/c1-11(2)6-4-8-13-9-5-7-12(3)10-13;;/h5,7,9-11H,6H2,1-3H3;2*1H4. The fraction of sp³-hybridized carbons (Fsp3) is 0.467. The Morgan fingerprint density at radius 1 is 1.20 bits per heavy atom. The van der Waals surface area contributed by atoms with E-state index in [9.17, 15) is 0 Å². The van der Waals surface area contributed by atoms with Crippen molar-refractivity contribution in [2.24, 2.45) is 5.92 Å². The second-order valence-corrected chi connectivity index (χ2v) is 3.77. The molecule has 1 aromatic carbocycles. The van der Waals surface area contributed by atoms with Crippen LogP contribution in [-0.4, -0.2) is 0 Å². The van der Waals surface area contributed by atoms with Crippen molar-refractivity contribution in [3.05, 3.63) is 35.4 Å². The van der Waals surface area contributed by atoms with Crippen LogP contribution in [0, 0.1) is 24.7 Å². The molecule has 0 fully saturated rings.